The van der Waals surface area contributed by atoms with E-state index in [1.807, 2.05) is 6.07 Å². The van der Waals surface area contributed by atoms with Gasteiger partial charge in [0.25, 0.3) is 0 Å². The van der Waals surface area contributed by atoms with Crippen LogP contribution in [0, 0.1) is 6.92 Å². The zero-order chi connectivity index (χ0) is 16.9. The molecule has 0 aliphatic carbocycles. The molecular formula is C20H23NO3. The Balaban J connectivity index is 1.69. The molecule has 0 aromatic heterocycles. The molecule has 24 heavy (non-hydrogen) atoms. The first-order chi connectivity index (χ1) is 11.6. The monoisotopic (exact) mass is 325 g/mol. The lowest BCUT2D eigenvalue weighted by Gasteiger charge is -2.33. The molecule has 0 saturated carbocycles. The van der Waals surface area contributed by atoms with Crippen LogP contribution in [0.15, 0.2) is 48.5 Å². The Hall–Kier alpha value is -2.17. The predicted octanol–water partition coefficient (Wildman–Crippen LogP) is 3.70. The van der Waals surface area contributed by atoms with Crippen molar-refractivity contribution in [3.63, 3.8) is 0 Å². The average molecular weight is 325 g/mol. The number of nitrogens with one attached hydrogen (secondary N) is 1. The number of carboxylic acids is 1. The number of carboxylic acid groups (broad SMARTS) is 1. The minimum atomic E-state index is -0.893. The Morgan fingerprint density at radius 2 is 2.04 bits per heavy atom. The van der Waals surface area contributed by atoms with Gasteiger partial charge in [0.05, 0.1) is 11.7 Å². The lowest BCUT2D eigenvalue weighted by Crippen LogP contribution is -2.39. The number of rotatable bonds is 5. The Kier molecular flexibility index (Phi) is 5.28. The summed E-state index contributed by atoms with van der Waals surface area (Å²) in [5.41, 5.74) is 3.73. The second-order valence-corrected chi connectivity index (χ2v) is 6.34. The van der Waals surface area contributed by atoms with Crippen molar-refractivity contribution < 1.29 is 14.6 Å². The number of aromatic carboxylic acids is 1. The number of carbonyl (C=O) groups is 1. The molecule has 0 bridgehead atoms. The number of benzene rings is 2. The fourth-order valence-corrected chi connectivity index (χ4v) is 3.14. The molecule has 0 radical (unpaired) electrons. The van der Waals surface area contributed by atoms with E-state index in [0.717, 1.165) is 25.0 Å². The first-order valence-electron chi connectivity index (χ1n) is 8.37. The molecule has 1 heterocycles. The molecule has 4 nitrogen and oxygen atoms in total. The summed E-state index contributed by atoms with van der Waals surface area (Å²) >= 11 is 0. The lowest BCUT2D eigenvalue weighted by atomic mass is 9.95. The molecule has 4 heteroatoms. The van der Waals surface area contributed by atoms with Crippen LogP contribution in [0.25, 0.3) is 0 Å². The maximum absolute atomic E-state index is 11.1. The molecule has 1 fully saturated rings. The third-order valence-electron chi connectivity index (χ3n) is 4.47. The van der Waals surface area contributed by atoms with Crippen molar-refractivity contribution in [1.29, 1.82) is 0 Å². The van der Waals surface area contributed by atoms with E-state index in [0.29, 0.717) is 12.1 Å². The van der Waals surface area contributed by atoms with Gasteiger partial charge < -0.3 is 15.2 Å². The third kappa shape index (κ3) is 4.02. The van der Waals surface area contributed by atoms with Crippen LogP contribution >= 0.6 is 0 Å². The van der Waals surface area contributed by atoms with Crippen LogP contribution in [0.4, 0.5) is 0 Å². The molecule has 0 amide bonds. The van der Waals surface area contributed by atoms with Crippen LogP contribution < -0.4 is 5.32 Å². The van der Waals surface area contributed by atoms with Gasteiger partial charge in [-0.25, -0.2) is 4.79 Å². The minimum absolute atomic E-state index is 0.0435. The second-order valence-electron chi connectivity index (χ2n) is 6.34. The van der Waals surface area contributed by atoms with E-state index in [-0.39, 0.29) is 12.1 Å². The van der Waals surface area contributed by atoms with Gasteiger partial charge in [-0.2, -0.15) is 0 Å². The number of hydrogen-bond acceptors (Lipinski definition) is 3. The van der Waals surface area contributed by atoms with Crippen LogP contribution in [0.3, 0.4) is 0 Å². The SMILES string of the molecule is Cc1ccc(C2OCCCC2NCc2cccc(C(=O)O)c2)cc1. The highest BCUT2D eigenvalue weighted by molar-refractivity contribution is 5.87. The number of ether oxygens (including phenoxy) is 1. The fourth-order valence-electron chi connectivity index (χ4n) is 3.14. The number of aryl methyl sites for hydroxylation is 1. The van der Waals surface area contributed by atoms with Gasteiger partial charge in [0, 0.05) is 19.2 Å². The molecule has 126 valence electrons. The highest BCUT2D eigenvalue weighted by Crippen LogP contribution is 2.29. The standard InChI is InChI=1S/C20H23NO3/c1-14-7-9-16(10-8-14)19-18(6-3-11-24-19)21-13-15-4-2-5-17(12-15)20(22)23/h2,4-5,7-10,12,18-19,21H,3,6,11,13H2,1H3,(H,22,23). The van der Waals surface area contributed by atoms with Crippen LogP contribution in [-0.2, 0) is 11.3 Å². The Morgan fingerprint density at radius 1 is 1.25 bits per heavy atom. The van der Waals surface area contributed by atoms with E-state index >= 15 is 0 Å². The molecule has 2 unspecified atom stereocenters. The zero-order valence-corrected chi connectivity index (χ0v) is 13.9. The predicted molar refractivity (Wildman–Crippen MR) is 93.1 cm³/mol. The molecule has 2 aromatic rings. The summed E-state index contributed by atoms with van der Waals surface area (Å²) < 4.78 is 6.01. The van der Waals surface area contributed by atoms with Crippen molar-refractivity contribution in [2.45, 2.75) is 38.5 Å². The first-order valence-corrected chi connectivity index (χ1v) is 8.37. The van der Waals surface area contributed by atoms with Gasteiger partial charge >= 0.3 is 5.97 Å². The van der Waals surface area contributed by atoms with Crippen molar-refractivity contribution >= 4 is 5.97 Å². The summed E-state index contributed by atoms with van der Waals surface area (Å²) in [6, 6.07) is 15.8. The topological polar surface area (TPSA) is 58.6 Å². The van der Waals surface area contributed by atoms with E-state index in [2.05, 4.69) is 36.5 Å². The summed E-state index contributed by atoms with van der Waals surface area (Å²) in [7, 11) is 0. The smallest absolute Gasteiger partial charge is 0.335 e. The minimum Gasteiger partial charge on any atom is -0.478 e. The van der Waals surface area contributed by atoms with E-state index in [1.54, 1.807) is 18.2 Å². The zero-order valence-electron chi connectivity index (χ0n) is 13.9. The number of hydrogen-bond donors (Lipinski definition) is 2. The van der Waals surface area contributed by atoms with Crippen LogP contribution in [0.5, 0.6) is 0 Å². The maximum Gasteiger partial charge on any atom is 0.335 e. The van der Waals surface area contributed by atoms with E-state index in [1.165, 1.54) is 11.1 Å². The van der Waals surface area contributed by atoms with E-state index < -0.39 is 5.97 Å². The van der Waals surface area contributed by atoms with Crippen molar-refractivity contribution in [3.05, 3.63) is 70.8 Å². The van der Waals surface area contributed by atoms with Gasteiger partial charge in [-0.15, -0.1) is 0 Å². The molecule has 2 aromatic carbocycles. The van der Waals surface area contributed by atoms with E-state index in [9.17, 15) is 4.79 Å². The normalized spacial score (nSPS) is 20.7. The van der Waals surface area contributed by atoms with Crippen molar-refractivity contribution in [1.82, 2.24) is 5.32 Å². The van der Waals surface area contributed by atoms with Gasteiger partial charge in [-0.1, -0.05) is 42.0 Å². The third-order valence-corrected chi connectivity index (χ3v) is 4.47. The molecule has 1 saturated heterocycles. The second kappa shape index (κ2) is 7.60. The molecule has 1 aliphatic rings. The van der Waals surface area contributed by atoms with Gasteiger partial charge in [0.1, 0.15) is 0 Å². The van der Waals surface area contributed by atoms with Crippen LogP contribution in [-0.4, -0.2) is 23.7 Å². The summed E-state index contributed by atoms with van der Waals surface area (Å²) in [6.07, 6.45) is 2.13. The van der Waals surface area contributed by atoms with Crippen LogP contribution in [0.1, 0.15) is 46.0 Å². The summed E-state index contributed by atoms with van der Waals surface area (Å²) in [5.74, 6) is -0.893. The molecule has 3 rings (SSSR count). The van der Waals surface area contributed by atoms with Crippen LogP contribution in [0.2, 0.25) is 0 Å². The van der Waals surface area contributed by atoms with Gasteiger partial charge in [0.2, 0.25) is 0 Å². The van der Waals surface area contributed by atoms with E-state index in [4.69, 9.17) is 9.84 Å². The summed E-state index contributed by atoms with van der Waals surface area (Å²) in [5, 5.41) is 12.6. The molecule has 0 spiro atoms. The highest BCUT2D eigenvalue weighted by atomic mass is 16.5. The maximum atomic E-state index is 11.1. The molecule has 2 atom stereocenters. The highest BCUT2D eigenvalue weighted by Gasteiger charge is 2.27. The first kappa shape index (κ1) is 16.7. The average Bonchev–Trinajstić information content (AvgIpc) is 2.61. The fraction of sp³-hybridized carbons (Fsp3) is 0.350. The Morgan fingerprint density at radius 3 is 2.79 bits per heavy atom. The van der Waals surface area contributed by atoms with Gasteiger partial charge in [0.15, 0.2) is 0 Å². The van der Waals surface area contributed by atoms with Crippen molar-refractivity contribution in [3.8, 4) is 0 Å². The molecular weight excluding hydrogens is 302 g/mol. The summed E-state index contributed by atoms with van der Waals surface area (Å²) in [6.45, 7) is 3.50. The Labute approximate surface area is 142 Å². The largest absolute Gasteiger partial charge is 0.478 e. The Bertz CT molecular complexity index is 696. The van der Waals surface area contributed by atoms with Gasteiger partial charge in [-0.3, -0.25) is 0 Å². The van der Waals surface area contributed by atoms with Crippen molar-refractivity contribution in [2.24, 2.45) is 0 Å². The molecule has 1 aliphatic heterocycles. The van der Waals surface area contributed by atoms with Crippen molar-refractivity contribution in [2.75, 3.05) is 6.61 Å². The quantitative estimate of drug-likeness (QED) is 0.880. The van der Waals surface area contributed by atoms with Gasteiger partial charge in [-0.05, 0) is 43.0 Å². The summed E-state index contributed by atoms with van der Waals surface area (Å²) in [4.78, 5) is 11.1. The lowest BCUT2D eigenvalue weighted by molar-refractivity contribution is -0.0112. The molecule has 2 N–H and O–H groups in total.